The minimum absolute atomic E-state index is 0.307. The molecule has 8 heteroatoms. The molecule has 0 saturated heterocycles. The van der Waals surface area contributed by atoms with E-state index in [1.165, 1.54) is 0 Å². The third kappa shape index (κ3) is 4.02. The molecule has 0 aliphatic carbocycles. The number of amides is 1. The number of nitrogens with zero attached hydrogens (tertiary/aromatic N) is 3. The van der Waals surface area contributed by atoms with Crippen LogP contribution < -0.4 is 14.9 Å². The first-order chi connectivity index (χ1) is 15.5. The number of benzene rings is 2. The van der Waals surface area contributed by atoms with Gasteiger partial charge in [-0.1, -0.05) is 18.2 Å². The van der Waals surface area contributed by atoms with Gasteiger partial charge in [-0.25, -0.2) is 5.43 Å². The van der Waals surface area contributed by atoms with Crippen molar-refractivity contribution in [1.82, 2.24) is 20.6 Å². The van der Waals surface area contributed by atoms with Gasteiger partial charge in [-0.05, 0) is 43.7 Å². The first-order valence-corrected chi connectivity index (χ1v) is 9.98. The van der Waals surface area contributed by atoms with Crippen molar-refractivity contribution in [3.8, 4) is 22.8 Å². The number of carbonyl (C=O) groups is 1. The predicted octanol–water partition coefficient (Wildman–Crippen LogP) is 4.02. The van der Waals surface area contributed by atoms with Crippen molar-refractivity contribution in [2.24, 2.45) is 5.10 Å². The van der Waals surface area contributed by atoms with Gasteiger partial charge in [0, 0.05) is 22.2 Å². The fourth-order valence-electron chi connectivity index (χ4n) is 3.54. The summed E-state index contributed by atoms with van der Waals surface area (Å²) in [4.78, 5) is 17.4. The first-order valence-electron chi connectivity index (χ1n) is 9.98. The van der Waals surface area contributed by atoms with Crippen LogP contribution in [0.5, 0.6) is 11.5 Å². The van der Waals surface area contributed by atoms with Gasteiger partial charge in [0.05, 0.1) is 43.4 Å². The number of pyridine rings is 1. The van der Waals surface area contributed by atoms with E-state index in [-0.39, 0.29) is 5.91 Å². The van der Waals surface area contributed by atoms with Crippen molar-refractivity contribution >= 4 is 23.0 Å². The number of carbonyl (C=O) groups excluding carboxylic acids is 1. The quantitative estimate of drug-likeness (QED) is 0.356. The minimum Gasteiger partial charge on any atom is -0.493 e. The number of rotatable bonds is 6. The average molecular weight is 429 g/mol. The lowest BCUT2D eigenvalue weighted by Crippen LogP contribution is -2.18. The Balaban J connectivity index is 1.58. The average Bonchev–Trinajstić information content (AvgIpc) is 3.27. The maximum absolute atomic E-state index is 12.9. The normalized spacial score (nSPS) is 11.1. The second-order valence-electron chi connectivity index (χ2n) is 7.25. The Morgan fingerprint density at radius 2 is 1.91 bits per heavy atom. The molecule has 0 fully saturated rings. The second-order valence-corrected chi connectivity index (χ2v) is 7.25. The molecule has 0 aliphatic rings. The van der Waals surface area contributed by atoms with Crippen LogP contribution in [0.15, 0.2) is 53.8 Å². The summed E-state index contributed by atoms with van der Waals surface area (Å²) >= 11 is 0. The van der Waals surface area contributed by atoms with Crippen LogP contribution in [-0.4, -0.2) is 41.5 Å². The number of hydrogen-bond donors (Lipinski definition) is 2. The van der Waals surface area contributed by atoms with Gasteiger partial charge in [0.25, 0.3) is 5.91 Å². The highest BCUT2D eigenvalue weighted by Crippen LogP contribution is 2.32. The van der Waals surface area contributed by atoms with Crippen LogP contribution in [-0.2, 0) is 0 Å². The number of ether oxygens (including phenoxy) is 2. The number of fused-ring (bicyclic) bond motifs is 1. The van der Waals surface area contributed by atoms with Crippen molar-refractivity contribution in [2.45, 2.75) is 13.8 Å². The molecule has 8 nitrogen and oxygen atoms in total. The number of hydrazone groups is 1. The maximum atomic E-state index is 12.9. The standard InChI is InChI=1S/C24H23N5O3/c1-14-6-5-7-18-19(10-15(2)27-22(14)18)24(30)29-26-13-17-12-25-28-23(17)16-8-9-20(31-3)21(11-16)32-4/h5-13H,1-4H3,(H,25,28)(H,29,30). The molecule has 2 N–H and O–H groups in total. The molecule has 4 rings (SSSR count). The van der Waals surface area contributed by atoms with Crippen LogP contribution in [0.25, 0.3) is 22.2 Å². The summed E-state index contributed by atoms with van der Waals surface area (Å²) in [5.41, 5.74) is 8.04. The van der Waals surface area contributed by atoms with Crippen LogP contribution in [0.1, 0.15) is 27.2 Å². The van der Waals surface area contributed by atoms with Crippen molar-refractivity contribution in [1.29, 1.82) is 0 Å². The summed E-state index contributed by atoms with van der Waals surface area (Å²) in [6.45, 7) is 3.84. The third-order valence-corrected chi connectivity index (χ3v) is 5.12. The lowest BCUT2D eigenvalue weighted by Gasteiger charge is -2.09. The van der Waals surface area contributed by atoms with E-state index >= 15 is 0 Å². The number of aromatic amines is 1. The van der Waals surface area contributed by atoms with E-state index < -0.39 is 0 Å². The monoisotopic (exact) mass is 429 g/mol. The molecule has 0 saturated carbocycles. The molecule has 4 aromatic rings. The number of hydrogen-bond acceptors (Lipinski definition) is 6. The van der Waals surface area contributed by atoms with E-state index in [4.69, 9.17) is 9.47 Å². The molecule has 162 valence electrons. The van der Waals surface area contributed by atoms with E-state index in [0.717, 1.165) is 33.4 Å². The molecular weight excluding hydrogens is 406 g/mol. The molecule has 2 heterocycles. The summed E-state index contributed by atoms with van der Waals surface area (Å²) in [6, 6.07) is 13.1. The Morgan fingerprint density at radius 1 is 1.09 bits per heavy atom. The van der Waals surface area contributed by atoms with Crippen LogP contribution in [0.2, 0.25) is 0 Å². The van der Waals surface area contributed by atoms with Gasteiger partial charge in [0.15, 0.2) is 11.5 Å². The van der Waals surface area contributed by atoms with E-state index in [0.29, 0.717) is 22.6 Å². The lowest BCUT2D eigenvalue weighted by atomic mass is 10.0. The Morgan fingerprint density at radius 3 is 2.69 bits per heavy atom. The van der Waals surface area contributed by atoms with Crippen LogP contribution in [0.3, 0.4) is 0 Å². The Hall–Kier alpha value is -4.20. The van der Waals surface area contributed by atoms with Crippen molar-refractivity contribution in [3.63, 3.8) is 0 Å². The van der Waals surface area contributed by atoms with Gasteiger partial charge in [0.1, 0.15) is 0 Å². The van der Waals surface area contributed by atoms with Gasteiger partial charge in [-0.3, -0.25) is 14.9 Å². The van der Waals surface area contributed by atoms with Gasteiger partial charge in [-0.2, -0.15) is 10.2 Å². The Labute approximate surface area is 185 Å². The summed E-state index contributed by atoms with van der Waals surface area (Å²) in [5, 5.41) is 12.0. The number of H-pyrrole nitrogens is 1. The van der Waals surface area contributed by atoms with E-state index in [9.17, 15) is 4.79 Å². The van der Waals surface area contributed by atoms with Gasteiger partial charge in [0.2, 0.25) is 0 Å². The zero-order valence-electron chi connectivity index (χ0n) is 18.3. The van der Waals surface area contributed by atoms with E-state index in [1.54, 1.807) is 32.7 Å². The fraction of sp³-hybridized carbons (Fsp3) is 0.167. The molecule has 0 atom stereocenters. The topological polar surface area (TPSA) is 101 Å². The highest BCUT2D eigenvalue weighted by atomic mass is 16.5. The molecule has 32 heavy (non-hydrogen) atoms. The zero-order chi connectivity index (χ0) is 22.7. The van der Waals surface area contributed by atoms with E-state index in [1.807, 2.05) is 50.2 Å². The largest absolute Gasteiger partial charge is 0.493 e. The molecule has 2 aromatic carbocycles. The number of methoxy groups -OCH3 is 2. The van der Waals surface area contributed by atoms with Crippen LogP contribution in [0.4, 0.5) is 0 Å². The van der Waals surface area contributed by atoms with Crippen molar-refractivity contribution in [2.75, 3.05) is 14.2 Å². The predicted molar refractivity (Wildman–Crippen MR) is 123 cm³/mol. The smallest absolute Gasteiger partial charge is 0.272 e. The van der Waals surface area contributed by atoms with Crippen LogP contribution in [0, 0.1) is 13.8 Å². The summed E-state index contributed by atoms with van der Waals surface area (Å²) < 4.78 is 10.7. The highest BCUT2D eigenvalue weighted by Gasteiger charge is 2.13. The highest BCUT2D eigenvalue weighted by molar-refractivity contribution is 6.07. The molecule has 0 radical (unpaired) electrons. The molecular formula is C24H23N5O3. The molecule has 0 aliphatic heterocycles. The Kier molecular flexibility index (Phi) is 5.85. The number of nitrogens with one attached hydrogen (secondary N) is 2. The second kappa shape index (κ2) is 8.89. The van der Waals surface area contributed by atoms with Gasteiger partial charge >= 0.3 is 0 Å². The maximum Gasteiger partial charge on any atom is 0.272 e. The van der Waals surface area contributed by atoms with Crippen molar-refractivity contribution in [3.05, 3.63) is 71.0 Å². The SMILES string of the molecule is COc1ccc(-c2[nH]ncc2C=NNC(=O)c2cc(C)nc3c(C)cccc23)cc1OC. The van der Waals surface area contributed by atoms with Gasteiger partial charge in [-0.15, -0.1) is 0 Å². The lowest BCUT2D eigenvalue weighted by molar-refractivity contribution is 0.0956. The number of aromatic nitrogens is 3. The molecule has 0 bridgehead atoms. The summed E-state index contributed by atoms with van der Waals surface area (Å²) in [6.07, 6.45) is 3.19. The van der Waals surface area contributed by atoms with E-state index in [2.05, 4.69) is 25.7 Å². The van der Waals surface area contributed by atoms with Crippen LogP contribution >= 0.6 is 0 Å². The number of aryl methyl sites for hydroxylation is 2. The third-order valence-electron chi connectivity index (χ3n) is 5.12. The molecule has 2 aromatic heterocycles. The number of para-hydroxylation sites is 1. The zero-order valence-corrected chi connectivity index (χ0v) is 18.3. The van der Waals surface area contributed by atoms with Crippen molar-refractivity contribution < 1.29 is 14.3 Å². The first kappa shape index (κ1) is 21.0. The van der Waals surface area contributed by atoms with Gasteiger partial charge < -0.3 is 9.47 Å². The molecule has 0 spiro atoms. The fourth-order valence-corrected chi connectivity index (χ4v) is 3.54. The summed E-state index contributed by atoms with van der Waals surface area (Å²) in [7, 11) is 3.17. The molecule has 1 amide bonds. The summed E-state index contributed by atoms with van der Waals surface area (Å²) in [5.74, 6) is 0.929. The minimum atomic E-state index is -0.307. The Bertz CT molecular complexity index is 1330. The molecule has 0 unspecified atom stereocenters.